The van der Waals surface area contributed by atoms with Crippen LogP contribution in [0.1, 0.15) is 367 Å². The van der Waals surface area contributed by atoms with Crippen LogP contribution < -0.4 is 0 Å². The van der Waals surface area contributed by atoms with Gasteiger partial charge in [-0.05, 0) is 96.3 Å². The number of ether oxygens (including phenoxy) is 3. The number of esters is 3. The number of hydrogen-bond acceptors (Lipinski definition) is 6. The van der Waals surface area contributed by atoms with Crippen molar-refractivity contribution in [3.8, 4) is 0 Å². The minimum absolute atomic E-state index is 0.0742. The molecule has 0 aliphatic carbocycles. The fourth-order valence-corrected chi connectivity index (χ4v) is 10.0. The van der Waals surface area contributed by atoms with Crippen molar-refractivity contribution in [1.82, 2.24) is 0 Å². The second-order valence-corrected chi connectivity index (χ2v) is 22.7. The summed E-state index contributed by atoms with van der Waals surface area (Å²) in [5, 5.41) is 0. The lowest BCUT2D eigenvalue weighted by Gasteiger charge is -2.18. The van der Waals surface area contributed by atoms with Gasteiger partial charge in [-0.1, -0.05) is 288 Å². The Bertz CT molecular complexity index is 1250. The molecule has 0 aromatic carbocycles. The van der Waals surface area contributed by atoms with Gasteiger partial charge in [0.05, 0.1) is 0 Å². The van der Waals surface area contributed by atoms with E-state index in [2.05, 4.69) is 57.2 Å². The van der Waals surface area contributed by atoms with Gasteiger partial charge >= 0.3 is 17.9 Å². The summed E-state index contributed by atoms with van der Waals surface area (Å²) < 4.78 is 16.9. The third-order valence-electron chi connectivity index (χ3n) is 15.1. The molecule has 0 amide bonds. The van der Waals surface area contributed by atoms with Gasteiger partial charge in [-0.15, -0.1) is 0 Å². The molecule has 0 aliphatic heterocycles. The molecule has 0 rings (SSSR count). The van der Waals surface area contributed by atoms with Gasteiger partial charge in [0.1, 0.15) is 13.2 Å². The summed E-state index contributed by atoms with van der Waals surface area (Å²) in [7, 11) is 0. The molecule has 6 heteroatoms. The summed E-state index contributed by atoms with van der Waals surface area (Å²) >= 11 is 0. The topological polar surface area (TPSA) is 78.9 Å². The minimum Gasteiger partial charge on any atom is -0.462 e. The zero-order chi connectivity index (χ0) is 54.3. The van der Waals surface area contributed by atoms with E-state index in [0.717, 1.165) is 70.6 Å². The van der Waals surface area contributed by atoms with Crippen molar-refractivity contribution < 1.29 is 28.6 Å². The van der Waals surface area contributed by atoms with Crippen molar-refractivity contribution in [1.29, 1.82) is 0 Å². The molecule has 0 aliphatic rings. The highest BCUT2D eigenvalue weighted by atomic mass is 16.6. The predicted octanol–water partition coefficient (Wildman–Crippen LogP) is 22.8. The molecule has 440 valence electrons. The Morgan fingerprint density at radius 3 is 0.680 bits per heavy atom. The third kappa shape index (κ3) is 62.4. The Kier molecular flexibility index (Phi) is 62.1. The third-order valence-corrected chi connectivity index (χ3v) is 15.1. The summed E-state index contributed by atoms with van der Waals surface area (Å²) in [6, 6.07) is 0. The van der Waals surface area contributed by atoms with Crippen LogP contribution in [0.3, 0.4) is 0 Å². The van der Waals surface area contributed by atoms with Gasteiger partial charge in [-0.3, -0.25) is 14.4 Å². The monoisotopic (exact) mass is 1050 g/mol. The molecule has 0 aromatic heterocycles. The summed E-state index contributed by atoms with van der Waals surface area (Å²) in [6.45, 7) is 6.64. The lowest BCUT2D eigenvalue weighted by atomic mass is 10.0. The Morgan fingerprint density at radius 2 is 0.440 bits per heavy atom. The van der Waals surface area contributed by atoms with E-state index in [4.69, 9.17) is 14.2 Å². The van der Waals surface area contributed by atoms with E-state index in [-0.39, 0.29) is 31.1 Å². The van der Waals surface area contributed by atoms with Crippen LogP contribution in [-0.2, 0) is 28.6 Å². The SMILES string of the molecule is CCCCCC/C=C\CCCCCCCC(=O)OCC(COC(=O)CCCCCCCCCCCCCCCCCCCCC/C=C\CCCCCCCCCC)OC(=O)CCCCCCC/C=C\CCCCCC. The van der Waals surface area contributed by atoms with Crippen LogP contribution in [0.4, 0.5) is 0 Å². The van der Waals surface area contributed by atoms with Crippen LogP contribution >= 0.6 is 0 Å². The van der Waals surface area contributed by atoms with E-state index in [1.165, 1.54) is 257 Å². The molecule has 0 spiro atoms. The van der Waals surface area contributed by atoms with Crippen molar-refractivity contribution in [2.24, 2.45) is 0 Å². The largest absolute Gasteiger partial charge is 0.462 e. The van der Waals surface area contributed by atoms with E-state index in [0.29, 0.717) is 19.3 Å². The van der Waals surface area contributed by atoms with Crippen LogP contribution in [0, 0.1) is 0 Å². The number of rotatable bonds is 62. The Labute approximate surface area is 467 Å². The van der Waals surface area contributed by atoms with Crippen molar-refractivity contribution in [3.63, 3.8) is 0 Å². The second kappa shape index (κ2) is 64.2. The first-order valence-electron chi connectivity index (χ1n) is 33.5. The van der Waals surface area contributed by atoms with Crippen molar-refractivity contribution in [2.75, 3.05) is 13.2 Å². The van der Waals surface area contributed by atoms with E-state index < -0.39 is 6.10 Å². The Morgan fingerprint density at radius 1 is 0.253 bits per heavy atom. The van der Waals surface area contributed by atoms with Crippen LogP contribution in [0.15, 0.2) is 36.5 Å². The van der Waals surface area contributed by atoms with Gasteiger partial charge in [-0.2, -0.15) is 0 Å². The molecule has 0 heterocycles. The lowest BCUT2D eigenvalue weighted by molar-refractivity contribution is -0.167. The second-order valence-electron chi connectivity index (χ2n) is 22.7. The van der Waals surface area contributed by atoms with Crippen LogP contribution in [0.2, 0.25) is 0 Å². The first-order valence-corrected chi connectivity index (χ1v) is 33.5. The van der Waals surface area contributed by atoms with Crippen LogP contribution in [-0.4, -0.2) is 37.2 Å². The molecular formula is C69H128O6. The molecule has 75 heavy (non-hydrogen) atoms. The molecule has 6 nitrogen and oxygen atoms in total. The molecule has 0 bridgehead atoms. The Balaban J connectivity index is 4.09. The summed E-state index contributed by atoms with van der Waals surface area (Å²) in [5.41, 5.74) is 0. The molecule has 1 atom stereocenters. The molecule has 0 fully saturated rings. The maximum absolute atomic E-state index is 12.9. The average Bonchev–Trinajstić information content (AvgIpc) is 3.41. The minimum atomic E-state index is -0.777. The molecular weight excluding hydrogens is 925 g/mol. The highest BCUT2D eigenvalue weighted by molar-refractivity contribution is 5.71. The highest BCUT2D eigenvalue weighted by Crippen LogP contribution is 2.18. The van der Waals surface area contributed by atoms with Gasteiger partial charge < -0.3 is 14.2 Å². The molecule has 1 unspecified atom stereocenters. The van der Waals surface area contributed by atoms with E-state index in [1.807, 2.05) is 0 Å². The van der Waals surface area contributed by atoms with Gasteiger partial charge in [0.15, 0.2) is 6.10 Å². The standard InChI is InChI=1S/C69H128O6/c1-4-7-10-13-16-19-22-25-26-27-28-29-30-31-32-33-34-35-36-37-38-39-40-41-42-45-47-50-53-56-59-62-68(71)74-65-66(75-69(72)63-60-57-54-51-48-44-24-21-18-15-12-9-6-3)64-73-67(70)61-58-55-52-49-46-43-23-20-17-14-11-8-5-2/h20-21,23-24,27-28,66H,4-19,22,25-26,29-65H2,1-3H3/b23-20-,24-21-,28-27-. The first-order chi connectivity index (χ1) is 37.0. The summed E-state index contributed by atoms with van der Waals surface area (Å²) in [5.74, 6) is -0.872. The predicted molar refractivity (Wildman–Crippen MR) is 326 cm³/mol. The lowest BCUT2D eigenvalue weighted by Crippen LogP contribution is -2.30. The smallest absolute Gasteiger partial charge is 0.306 e. The van der Waals surface area contributed by atoms with E-state index >= 15 is 0 Å². The quantitative estimate of drug-likeness (QED) is 0.0261. The van der Waals surface area contributed by atoms with Crippen molar-refractivity contribution in [2.45, 2.75) is 374 Å². The Hall–Kier alpha value is -2.37. The van der Waals surface area contributed by atoms with E-state index in [1.54, 1.807) is 0 Å². The van der Waals surface area contributed by atoms with Crippen molar-refractivity contribution in [3.05, 3.63) is 36.5 Å². The number of unbranched alkanes of at least 4 members (excludes halogenated alkanes) is 45. The fraction of sp³-hybridized carbons (Fsp3) is 0.870. The first kappa shape index (κ1) is 72.6. The van der Waals surface area contributed by atoms with Crippen LogP contribution in [0.5, 0.6) is 0 Å². The number of hydrogen-bond donors (Lipinski definition) is 0. The molecule has 0 N–H and O–H groups in total. The molecule has 0 radical (unpaired) electrons. The van der Waals surface area contributed by atoms with Gasteiger partial charge in [0.2, 0.25) is 0 Å². The summed E-state index contributed by atoms with van der Waals surface area (Å²) in [4.78, 5) is 38.2. The number of carbonyl (C=O) groups is 3. The maximum atomic E-state index is 12.9. The normalized spacial score (nSPS) is 12.2. The number of carbonyl (C=O) groups excluding carboxylic acids is 3. The van der Waals surface area contributed by atoms with Crippen molar-refractivity contribution >= 4 is 17.9 Å². The fourth-order valence-electron chi connectivity index (χ4n) is 10.0. The molecule has 0 saturated heterocycles. The molecule has 0 aromatic rings. The maximum Gasteiger partial charge on any atom is 0.306 e. The molecule has 0 saturated carbocycles. The highest BCUT2D eigenvalue weighted by Gasteiger charge is 2.19. The van der Waals surface area contributed by atoms with Gasteiger partial charge in [-0.25, -0.2) is 0 Å². The zero-order valence-corrected chi connectivity index (χ0v) is 50.6. The average molecular weight is 1050 g/mol. The van der Waals surface area contributed by atoms with E-state index in [9.17, 15) is 14.4 Å². The van der Waals surface area contributed by atoms with Gasteiger partial charge in [0.25, 0.3) is 0 Å². The number of allylic oxidation sites excluding steroid dienone is 6. The van der Waals surface area contributed by atoms with Gasteiger partial charge in [0, 0.05) is 19.3 Å². The summed E-state index contributed by atoms with van der Waals surface area (Å²) in [6.07, 6.45) is 78.9. The zero-order valence-electron chi connectivity index (χ0n) is 50.6. The van der Waals surface area contributed by atoms with Crippen LogP contribution in [0.25, 0.3) is 0 Å².